The molecule has 0 aliphatic rings. The van der Waals surface area contributed by atoms with Crippen molar-refractivity contribution in [1.82, 2.24) is 0 Å². The quantitative estimate of drug-likeness (QED) is 0.172. The summed E-state index contributed by atoms with van der Waals surface area (Å²) >= 11 is 3.68. The Morgan fingerprint density at radius 1 is 0.286 bits per heavy atom. The molecular weight excluding hydrogens is 895 g/mol. The molecule has 0 atom stereocenters. The van der Waals surface area contributed by atoms with Gasteiger partial charge in [0.05, 0.1) is 0 Å². The van der Waals surface area contributed by atoms with E-state index in [4.69, 9.17) is 13.3 Å². The number of hydrogen-bond acceptors (Lipinski definition) is 6. The molecule has 5 aromatic heterocycles. The first kappa shape index (κ1) is 38.3. The summed E-state index contributed by atoms with van der Waals surface area (Å²) in [7, 11) is 0. The van der Waals surface area contributed by atoms with E-state index in [1.54, 1.807) is 0 Å². The molecule has 16 rings (SSSR count). The Kier molecular flexibility index (Phi) is 7.89. The van der Waals surface area contributed by atoms with Crippen molar-refractivity contribution in [2.75, 3.05) is 4.90 Å². The third-order valence-electron chi connectivity index (χ3n) is 14.4. The van der Waals surface area contributed by atoms with Crippen LogP contribution in [-0.4, -0.2) is 0 Å². The van der Waals surface area contributed by atoms with E-state index >= 15 is 0 Å². The van der Waals surface area contributed by atoms with Crippen molar-refractivity contribution in [2.45, 2.75) is 0 Å². The van der Waals surface area contributed by atoms with Gasteiger partial charge in [0.2, 0.25) is 0 Å². The zero-order valence-corrected chi connectivity index (χ0v) is 38.8. The summed E-state index contributed by atoms with van der Waals surface area (Å²) in [6.45, 7) is 0. The van der Waals surface area contributed by atoms with Gasteiger partial charge in [-0.3, -0.25) is 0 Å². The summed E-state index contributed by atoms with van der Waals surface area (Å²) in [5.41, 5.74) is 12.7. The summed E-state index contributed by atoms with van der Waals surface area (Å²) in [5, 5.41) is 13.9. The Morgan fingerprint density at radius 3 is 1.71 bits per heavy atom. The lowest BCUT2D eigenvalue weighted by Crippen LogP contribution is -2.10. The highest BCUT2D eigenvalue weighted by Crippen LogP contribution is 2.50. The molecule has 326 valence electrons. The highest BCUT2D eigenvalue weighted by molar-refractivity contribution is 7.26. The molecule has 0 aliphatic carbocycles. The summed E-state index contributed by atoms with van der Waals surface area (Å²) < 4.78 is 24.9. The van der Waals surface area contributed by atoms with Crippen molar-refractivity contribution in [3.05, 3.63) is 212 Å². The fourth-order valence-corrected chi connectivity index (χ4v) is 13.5. The first-order valence-corrected chi connectivity index (χ1v) is 25.2. The van der Waals surface area contributed by atoms with Crippen LogP contribution in [-0.2, 0) is 0 Å². The number of anilines is 3. The first-order valence-electron chi connectivity index (χ1n) is 23.5. The number of nitrogens with zero attached hydrogens (tertiary/aromatic N) is 1. The highest BCUT2D eigenvalue weighted by Gasteiger charge is 2.24. The molecule has 0 spiro atoms. The lowest BCUT2D eigenvalue weighted by molar-refractivity contribution is 0.668. The highest BCUT2D eigenvalue weighted by atomic mass is 32.1. The number of thiophene rings is 2. The third kappa shape index (κ3) is 5.57. The molecule has 5 heterocycles. The molecule has 0 unspecified atom stereocenters. The molecule has 0 fully saturated rings. The van der Waals surface area contributed by atoms with Gasteiger partial charge in [-0.2, -0.15) is 0 Å². The molecule has 11 aromatic carbocycles. The Labute approximate surface area is 407 Å². The second kappa shape index (κ2) is 14.4. The number of para-hydroxylation sites is 2. The number of fused-ring (bicyclic) bond motifs is 17. The maximum absolute atomic E-state index is 6.89. The van der Waals surface area contributed by atoms with E-state index in [0.717, 1.165) is 105 Å². The predicted octanol–water partition coefficient (Wildman–Crippen LogP) is 20.1. The molecule has 0 N–H and O–H groups in total. The van der Waals surface area contributed by atoms with Crippen molar-refractivity contribution in [2.24, 2.45) is 0 Å². The van der Waals surface area contributed by atoms with Crippen LogP contribution in [0.15, 0.2) is 226 Å². The van der Waals surface area contributed by atoms with Gasteiger partial charge in [0.25, 0.3) is 0 Å². The van der Waals surface area contributed by atoms with Gasteiger partial charge < -0.3 is 18.2 Å². The minimum atomic E-state index is 0.851. The summed E-state index contributed by atoms with van der Waals surface area (Å²) in [4.78, 5) is 2.45. The Hall–Kier alpha value is -8.68. The molecular formula is C64H35NO3S2. The molecule has 0 amide bonds. The summed E-state index contributed by atoms with van der Waals surface area (Å²) in [6, 6.07) is 76.9. The Morgan fingerprint density at radius 2 is 0.843 bits per heavy atom. The van der Waals surface area contributed by atoms with E-state index in [-0.39, 0.29) is 0 Å². The lowest BCUT2D eigenvalue weighted by Gasteiger charge is -2.27. The molecule has 0 saturated carbocycles. The number of hydrogen-bond donors (Lipinski definition) is 0. The van der Waals surface area contributed by atoms with Crippen LogP contribution < -0.4 is 4.90 Å². The summed E-state index contributed by atoms with van der Waals surface area (Å²) in [5.74, 6) is 0. The molecule has 6 heteroatoms. The fourth-order valence-electron chi connectivity index (χ4n) is 11.3. The zero-order valence-electron chi connectivity index (χ0n) is 37.2. The van der Waals surface area contributed by atoms with Crippen LogP contribution in [0.5, 0.6) is 0 Å². The summed E-state index contributed by atoms with van der Waals surface area (Å²) in [6.07, 6.45) is 0. The van der Waals surface area contributed by atoms with Gasteiger partial charge in [0.15, 0.2) is 0 Å². The van der Waals surface area contributed by atoms with Crippen LogP contribution in [0.4, 0.5) is 17.1 Å². The van der Waals surface area contributed by atoms with Crippen LogP contribution in [0, 0.1) is 0 Å². The largest absolute Gasteiger partial charge is 0.456 e. The first-order chi connectivity index (χ1) is 34.6. The Bertz CT molecular complexity index is 4870. The maximum Gasteiger partial charge on any atom is 0.143 e. The van der Waals surface area contributed by atoms with Gasteiger partial charge in [-0.25, -0.2) is 0 Å². The van der Waals surface area contributed by atoms with Gasteiger partial charge in [0, 0.05) is 95.3 Å². The average Bonchev–Trinajstić information content (AvgIpc) is 4.24. The van der Waals surface area contributed by atoms with Crippen LogP contribution in [0.3, 0.4) is 0 Å². The van der Waals surface area contributed by atoms with Crippen LogP contribution in [0.1, 0.15) is 0 Å². The number of benzene rings is 11. The maximum atomic E-state index is 6.89. The second-order valence-electron chi connectivity index (χ2n) is 18.3. The van der Waals surface area contributed by atoms with Crippen LogP contribution >= 0.6 is 22.7 Å². The van der Waals surface area contributed by atoms with Gasteiger partial charge >= 0.3 is 0 Å². The molecule has 0 radical (unpaired) electrons. The van der Waals surface area contributed by atoms with Crippen molar-refractivity contribution in [1.29, 1.82) is 0 Å². The van der Waals surface area contributed by atoms with E-state index in [9.17, 15) is 0 Å². The van der Waals surface area contributed by atoms with Crippen LogP contribution in [0.2, 0.25) is 0 Å². The van der Waals surface area contributed by atoms with Gasteiger partial charge in [-0.05, 0) is 125 Å². The average molecular weight is 930 g/mol. The van der Waals surface area contributed by atoms with Gasteiger partial charge in [-0.1, -0.05) is 115 Å². The van der Waals surface area contributed by atoms with E-state index in [2.05, 4.69) is 211 Å². The SMILES string of the molecule is c1ccc2c(c1)ccc1oc3ccc(N(c4cc(-c5ccc6oc7ccccc7c6c5)c5c(c4)sc4ccccc45)c4cc(-c5ccc6sc7ccccc7c6c5)c5oc6ccccc6c5c4)cc3c12. The smallest absolute Gasteiger partial charge is 0.143 e. The Balaban J connectivity index is 1.02. The van der Waals surface area contributed by atoms with Crippen LogP contribution in [0.25, 0.3) is 139 Å². The minimum Gasteiger partial charge on any atom is -0.456 e. The number of furan rings is 3. The van der Waals surface area contributed by atoms with Crippen molar-refractivity contribution in [3.63, 3.8) is 0 Å². The van der Waals surface area contributed by atoms with Crippen molar-refractivity contribution < 1.29 is 13.3 Å². The van der Waals surface area contributed by atoms with Gasteiger partial charge in [-0.15, -0.1) is 22.7 Å². The lowest BCUT2D eigenvalue weighted by atomic mass is 9.96. The minimum absolute atomic E-state index is 0.851. The second-order valence-corrected chi connectivity index (χ2v) is 20.5. The fraction of sp³-hybridized carbons (Fsp3) is 0. The van der Waals surface area contributed by atoms with Crippen molar-refractivity contribution >= 4 is 157 Å². The monoisotopic (exact) mass is 929 g/mol. The van der Waals surface area contributed by atoms with E-state index in [1.165, 1.54) is 51.1 Å². The zero-order chi connectivity index (χ0) is 45.6. The molecule has 70 heavy (non-hydrogen) atoms. The molecule has 16 aromatic rings. The van der Waals surface area contributed by atoms with Crippen molar-refractivity contribution in [3.8, 4) is 22.3 Å². The van der Waals surface area contributed by atoms with Gasteiger partial charge in [0.1, 0.15) is 33.5 Å². The van der Waals surface area contributed by atoms with E-state index in [1.807, 2.05) is 28.7 Å². The molecule has 0 aliphatic heterocycles. The van der Waals surface area contributed by atoms with E-state index < -0.39 is 0 Å². The van der Waals surface area contributed by atoms with E-state index in [0.29, 0.717) is 0 Å². The molecule has 0 saturated heterocycles. The number of rotatable bonds is 5. The molecule has 4 nitrogen and oxygen atoms in total. The predicted molar refractivity (Wildman–Crippen MR) is 297 cm³/mol. The third-order valence-corrected chi connectivity index (χ3v) is 16.7. The molecule has 0 bridgehead atoms. The standard InChI is InChI=1S/C64H35NO3S2/c1-2-12-42-36(11-1)21-26-57-62(42)52-31-39(24-27-56(52)67-57)65(40-33-48(64-51(34-40)44-14-4-8-18-54(44)68-64)38-23-28-60-50(30-38)45-15-5-9-19-58(45)69-60)41-32-47(63-46-16-6-10-20-59(46)70-61(63)35-41)37-22-25-55-49(29-37)43-13-3-7-17-53(43)66-55/h1-35H. The normalized spacial score (nSPS) is 12.3. The topological polar surface area (TPSA) is 42.7 Å².